The minimum atomic E-state index is -0.431. The number of para-hydroxylation sites is 2. The van der Waals surface area contributed by atoms with Gasteiger partial charge in [0.15, 0.2) is 11.0 Å². The molecular weight excluding hydrogens is 490 g/mol. The molecule has 1 saturated heterocycles. The Kier molecular flexibility index (Phi) is 7.18. The van der Waals surface area contributed by atoms with Crippen LogP contribution in [-0.2, 0) is 5.75 Å². The quantitative estimate of drug-likeness (QED) is 0.176. The number of nitro groups is 1. The number of nitrogens with zero attached hydrogens (tertiary/aromatic N) is 5. The van der Waals surface area contributed by atoms with Crippen molar-refractivity contribution in [2.45, 2.75) is 23.8 Å². The monoisotopic (exact) mass is 515 g/mol. The normalized spacial score (nSPS) is 13.1. The van der Waals surface area contributed by atoms with Crippen molar-refractivity contribution in [1.82, 2.24) is 19.7 Å². The van der Waals surface area contributed by atoms with E-state index in [2.05, 4.69) is 10.2 Å². The maximum atomic E-state index is 12.6. The van der Waals surface area contributed by atoms with Gasteiger partial charge in [0.1, 0.15) is 5.75 Å². The first-order valence-corrected chi connectivity index (χ1v) is 12.9. The van der Waals surface area contributed by atoms with Gasteiger partial charge in [-0.15, -0.1) is 10.2 Å². The second kappa shape index (κ2) is 10.8. The van der Waals surface area contributed by atoms with Gasteiger partial charge >= 0.3 is 0 Å². The summed E-state index contributed by atoms with van der Waals surface area (Å²) in [5, 5.41) is 20.6. The summed E-state index contributed by atoms with van der Waals surface area (Å²) in [6, 6.07) is 21.5. The third-order valence-electron chi connectivity index (χ3n) is 6.26. The fourth-order valence-electron chi connectivity index (χ4n) is 4.31. The summed E-state index contributed by atoms with van der Waals surface area (Å²) in [6.45, 7) is 1.65. The smallest absolute Gasteiger partial charge is 0.269 e. The first kappa shape index (κ1) is 24.5. The van der Waals surface area contributed by atoms with E-state index in [1.807, 2.05) is 58.0 Å². The highest BCUT2D eigenvalue weighted by atomic mass is 32.2. The van der Waals surface area contributed by atoms with E-state index in [1.54, 1.807) is 19.2 Å². The second-order valence-electron chi connectivity index (χ2n) is 8.60. The summed E-state index contributed by atoms with van der Waals surface area (Å²) >= 11 is 1.51. The fourth-order valence-corrected chi connectivity index (χ4v) is 5.21. The van der Waals surface area contributed by atoms with Gasteiger partial charge in [-0.25, -0.2) is 0 Å². The SMILES string of the molecule is COc1ccccc1-n1c(SCc2ccc(C(=O)N3CCCC3)cc2)nnc1-c1ccc([N+](=O)[O-])cc1. The van der Waals surface area contributed by atoms with E-state index in [4.69, 9.17) is 4.74 Å². The minimum Gasteiger partial charge on any atom is -0.495 e. The van der Waals surface area contributed by atoms with Crippen molar-refractivity contribution in [3.05, 3.63) is 94.0 Å². The zero-order valence-corrected chi connectivity index (χ0v) is 21.1. The molecule has 0 radical (unpaired) electrons. The lowest BCUT2D eigenvalue weighted by Gasteiger charge is -2.15. The maximum absolute atomic E-state index is 12.6. The number of amides is 1. The van der Waals surface area contributed by atoms with E-state index < -0.39 is 4.92 Å². The minimum absolute atomic E-state index is 0.00775. The largest absolute Gasteiger partial charge is 0.495 e. The van der Waals surface area contributed by atoms with Crippen molar-refractivity contribution in [2.24, 2.45) is 0 Å². The Bertz CT molecular complexity index is 1410. The van der Waals surface area contributed by atoms with Crippen LogP contribution in [0.1, 0.15) is 28.8 Å². The van der Waals surface area contributed by atoms with Gasteiger partial charge in [-0.1, -0.05) is 36.0 Å². The molecule has 1 aliphatic heterocycles. The Morgan fingerprint density at radius 3 is 2.38 bits per heavy atom. The molecule has 188 valence electrons. The lowest BCUT2D eigenvalue weighted by Crippen LogP contribution is -2.27. The van der Waals surface area contributed by atoms with Crippen molar-refractivity contribution < 1.29 is 14.5 Å². The number of carbonyl (C=O) groups excluding carboxylic acids is 1. The van der Waals surface area contributed by atoms with Gasteiger partial charge < -0.3 is 9.64 Å². The van der Waals surface area contributed by atoms with Crippen molar-refractivity contribution in [1.29, 1.82) is 0 Å². The third-order valence-corrected chi connectivity index (χ3v) is 7.26. The zero-order valence-electron chi connectivity index (χ0n) is 20.2. The molecule has 0 unspecified atom stereocenters. The number of carbonyl (C=O) groups is 1. The van der Waals surface area contributed by atoms with E-state index in [0.717, 1.165) is 37.2 Å². The molecule has 2 heterocycles. The van der Waals surface area contributed by atoms with Crippen LogP contribution >= 0.6 is 11.8 Å². The molecule has 9 nitrogen and oxygen atoms in total. The average molecular weight is 516 g/mol. The summed E-state index contributed by atoms with van der Waals surface area (Å²) in [7, 11) is 1.60. The summed E-state index contributed by atoms with van der Waals surface area (Å²) in [5.74, 6) is 1.90. The number of aromatic nitrogens is 3. The van der Waals surface area contributed by atoms with E-state index in [0.29, 0.717) is 33.6 Å². The molecule has 1 aromatic heterocycles. The Labute approximate surface area is 218 Å². The van der Waals surface area contributed by atoms with Crippen LogP contribution in [0.5, 0.6) is 5.75 Å². The Hall–Kier alpha value is -4.18. The molecule has 0 bridgehead atoms. The molecular formula is C27H25N5O4S. The summed E-state index contributed by atoms with van der Waals surface area (Å²) in [5.41, 5.74) is 3.22. The van der Waals surface area contributed by atoms with Crippen LogP contribution in [0.4, 0.5) is 5.69 Å². The number of nitro benzene ring substituents is 1. The maximum Gasteiger partial charge on any atom is 0.269 e. The predicted molar refractivity (Wildman–Crippen MR) is 141 cm³/mol. The molecule has 10 heteroatoms. The van der Waals surface area contributed by atoms with Crippen LogP contribution in [0, 0.1) is 10.1 Å². The molecule has 37 heavy (non-hydrogen) atoms. The van der Waals surface area contributed by atoms with Crippen LogP contribution in [0.3, 0.4) is 0 Å². The van der Waals surface area contributed by atoms with Gasteiger partial charge in [0, 0.05) is 42.1 Å². The average Bonchev–Trinajstić information content (AvgIpc) is 3.62. The van der Waals surface area contributed by atoms with Gasteiger partial charge in [0.05, 0.1) is 17.7 Å². The lowest BCUT2D eigenvalue weighted by atomic mass is 10.1. The van der Waals surface area contributed by atoms with Gasteiger partial charge in [-0.2, -0.15) is 0 Å². The van der Waals surface area contributed by atoms with Crippen molar-refractivity contribution in [2.75, 3.05) is 20.2 Å². The molecule has 4 aromatic rings. The lowest BCUT2D eigenvalue weighted by molar-refractivity contribution is -0.384. The Balaban J connectivity index is 1.42. The number of methoxy groups -OCH3 is 1. The summed E-state index contributed by atoms with van der Waals surface area (Å²) in [6.07, 6.45) is 2.13. The van der Waals surface area contributed by atoms with E-state index in [9.17, 15) is 14.9 Å². The highest BCUT2D eigenvalue weighted by molar-refractivity contribution is 7.98. The van der Waals surface area contributed by atoms with Crippen LogP contribution in [0.15, 0.2) is 78.0 Å². The van der Waals surface area contributed by atoms with Crippen LogP contribution < -0.4 is 4.74 Å². The number of hydrogen-bond donors (Lipinski definition) is 0. The molecule has 0 N–H and O–H groups in total. The number of likely N-dealkylation sites (tertiary alicyclic amines) is 1. The van der Waals surface area contributed by atoms with Crippen LogP contribution in [0.2, 0.25) is 0 Å². The van der Waals surface area contributed by atoms with E-state index >= 15 is 0 Å². The Morgan fingerprint density at radius 2 is 1.70 bits per heavy atom. The summed E-state index contributed by atoms with van der Waals surface area (Å²) < 4.78 is 7.49. The molecule has 1 amide bonds. The molecule has 1 aliphatic rings. The molecule has 0 atom stereocenters. The van der Waals surface area contributed by atoms with Gasteiger partial charge in [0.25, 0.3) is 11.6 Å². The number of hydrogen-bond acceptors (Lipinski definition) is 7. The van der Waals surface area contributed by atoms with E-state index in [-0.39, 0.29) is 11.6 Å². The standard InChI is InChI=1S/C27H25N5O4S/c1-36-24-7-3-2-6-23(24)31-25(20-12-14-22(15-13-20)32(34)35)28-29-27(31)37-18-19-8-10-21(11-9-19)26(33)30-16-4-5-17-30/h2-3,6-15H,4-5,16-18H2,1H3. The first-order valence-electron chi connectivity index (χ1n) is 11.9. The molecule has 3 aromatic carbocycles. The van der Waals surface area contributed by atoms with E-state index in [1.165, 1.54) is 23.9 Å². The highest BCUT2D eigenvalue weighted by Gasteiger charge is 2.21. The van der Waals surface area contributed by atoms with Crippen molar-refractivity contribution >= 4 is 23.4 Å². The number of non-ortho nitro benzene ring substituents is 1. The first-order chi connectivity index (χ1) is 18.0. The number of ether oxygens (including phenoxy) is 1. The number of benzene rings is 3. The van der Waals surface area contributed by atoms with Gasteiger partial charge in [-0.05, 0) is 54.8 Å². The number of rotatable bonds is 8. The highest BCUT2D eigenvalue weighted by Crippen LogP contribution is 2.34. The summed E-state index contributed by atoms with van der Waals surface area (Å²) in [4.78, 5) is 25.2. The second-order valence-corrected chi connectivity index (χ2v) is 9.54. The van der Waals surface area contributed by atoms with Gasteiger partial charge in [0.2, 0.25) is 0 Å². The fraction of sp³-hybridized carbons (Fsp3) is 0.222. The topological polar surface area (TPSA) is 103 Å². The third kappa shape index (κ3) is 5.19. The molecule has 5 rings (SSSR count). The molecule has 0 spiro atoms. The molecule has 0 aliphatic carbocycles. The molecule has 0 saturated carbocycles. The predicted octanol–water partition coefficient (Wildman–Crippen LogP) is 5.38. The number of thioether (sulfide) groups is 1. The zero-order chi connectivity index (χ0) is 25.8. The van der Waals surface area contributed by atoms with Crippen molar-refractivity contribution in [3.63, 3.8) is 0 Å². The van der Waals surface area contributed by atoms with Gasteiger partial charge in [-0.3, -0.25) is 19.5 Å². The molecule has 1 fully saturated rings. The van der Waals surface area contributed by atoms with Crippen LogP contribution in [-0.4, -0.2) is 50.7 Å². The Morgan fingerprint density at radius 1 is 1.00 bits per heavy atom. The van der Waals surface area contributed by atoms with Crippen LogP contribution in [0.25, 0.3) is 17.1 Å². The van der Waals surface area contributed by atoms with Crippen molar-refractivity contribution in [3.8, 4) is 22.8 Å².